The lowest BCUT2D eigenvalue weighted by Crippen LogP contribution is -2.54. The van der Waals surface area contributed by atoms with Crippen molar-refractivity contribution in [2.45, 2.75) is 44.2 Å². The highest BCUT2D eigenvalue weighted by atomic mass is 32.2. The fourth-order valence-corrected chi connectivity index (χ4v) is 4.75. The second-order valence-electron chi connectivity index (χ2n) is 6.45. The highest BCUT2D eigenvalue weighted by Crippen LogP contribution is 2.26. The Morgan fingerprint density at radius 1 is 1.17 bits per heavy atom. The van der Waals surface area contributed by atoms with Crippen LogP contribution >= 0.6 is 0 Å². The molecule has 2 aliphatic rings. The first-order chi connectivity index (χ1) is 11.0. The minimum atomic E-state index is -3.35. The van der Waals surface area contributed by atoms with Crippen LogP contribution < -0.4 is 0 Å². The maximum absolute atomic E-state index is 12.9. The van der Waals surface area contributed by atoms with Crippen molar-refractivity contribution < 1.29 is 13.2 Å². The number of hydrogen-bond donors (Lipinski definition) is 0. The van der Waals surface area contributed by atoms with Gasteiger partial charge in [-0.3, -0.25) is 9.48 Å². The molecular weight excluding hydrogens is 316 g/mol. The van der Waals surface area contributed by atoms with E-state index >= 15 is 0 Å². The molecule has 0 bridgehead atoms. The predicted molar refractivity (Wildman–Crippen MR) is 86.3 cm³/mol. The monoisotopic (exact) mass is 340 g/mol. The van der Waals surface area contributed by atoms with Crippen molar-refractivity contribution in [3.8, 4) is 0 Å². The van der Waals surface area contributed by atoms with Gasteiger partial charge in [-0.05, 0) is 31.7 Å². The molecule has 8 heteroatoms. The molecule has 0 unspecified atom stereocenters. The first-order valence-electron chi connectivity index (χ1n) is 8.21. The number of sulfonamides is 1. The summed E-state index contributed by atoms with van der Waals surface area (Å²) >= 11 is 0. The summed E-state index contributed by atoms with van der Waals surface area (Å²) in [6.45, 7) is 1.75. The van der Waals surface area contributed by atoms with E-state index in [2.05, 4.69) is 5.10 Å². The largest absolute Gasteiger partial charge is 0.339 e. The molecule has 1 aromatic rings. The van der Waals surface area contributed by atoms with E-state index in [0.29, 0.717) is 26.1 Å². The molecule has 0 radical (unpaired) electrons. The molecule has 1 amide bonds. The Morgan fingerprint density at radius 2 is 2.00 bits per heavy atom. The lowest BCUT2D eigenvalue weighted by atomic mass is 10.0. The molecule has 2 aliphatic heterocycles. The van der Waals surface area contributed by atoms with Crippen LogP contribution in [-0.2, 0) is 14.8 Å². The molecule has 3 rings (SSSR count). The van der Waals surface area contributed by atoms with Crippen LogP contribution in [0.4, 0.5) is 0 Å². The van der Waals surface area contributed by atoms with Crippen LogP contribution in [0.15, 0.2) is 18.5 Å². The van der Waals surface area contributed by atoms with Gasteiger partial charge in [-0.25, -0.2) is 8.42 Å². The third kappa shape index (κ3) is 3.58. The van der Waals surface area contributed by atoms with Crippen molar-refractivity contribution >= 4 is 15.9 Å². The van der Waals surface area contributed by atoms with E-state index in [1.54, 1.807) is 6.20 Å². The molecule has 1 aromatic heterocycles. The Labute approximate surface area is 137 Å². The zero-order valence-electron chi connectivity index (χ0n) is 13.5. The summed E-state index contributed by atoms with van der Waals surface area (Å²) < 4.78 is 27.2. The van der Waals surface area contributed by atoms with Crippen LogP contribution in [-0.4, -0.2) is 65.2 Å². The van der Waals surface area contributed by atoms with Gasteiger partial charge in [-0.2, -0.15) is 9.40 Å². The van der Waals surface area contributed by atoms with Crippen molar-refractivity contribution in [1.82, 2.24) is 19.0 Å². The Hall–Kier alpha value is -1.41. The topological polar surface area (TPSA) is 75.5 Å². The number of rotatable bonds is 3. The fraction of sp³-hybridized carbons (Fsp3) is 0.733. The molecule has 0 N–H and O–H groups in total. The highest BCUT2D eigenvalue weighted by molar-refractivity contribution is 7.88. The van der Waals surface area contributed by atoms with Crippen molar-refractivity contribution in [2.24, 2.45) is 0 Å². The molecule has 0 aromatic carbocycles. The van der Waals surface area contributed by atoms with Crippen molar-refractivity contribution in [3.63, 3.8) is 0 Å². The van der Waals surface area contributed by atoms with E-state index < -0.39 is 16.1 Å². The third-order valence-electron chi connectivity index (χ3n) is 4.77. The number of carbonyl (C=O) groups is 1. The quantitative estimate of drug-likeness (QED) is 0.818. The SMILES string of the molecule is CS(=O)(=O)N1CCCC[C@H]1C(=O)N1CCC[C@H](n2cccn2)C1. The molecule has 2 atom stereocenters. The maximum atomic E-state index is 12.9. The summed E-state index contributed by atoms with van der Waals surface area (Å²) in [6.07, 6.45) is 9.12. The van der Waals surface area contributed by atoms with Crippen LogP contribution in [0.5, 0.6) is 0 Å². The zero-order chi connectivity index (χ0) is 16.4. The molecule has 0 aliphatic carbocycles. The number of nitrogens with zero attached hydrogens (tertiary/aromatic N) is 4. The lowest BCUT2D eigenvalue weighted by Gasteiger charge is -2.39. The Morgan fingerprint density at radius 3 is 2.70 bits per heavy atom. The van der Waals surface area contributed by atoms with Crippen molar-refractivity contribution in [3.05, 3.63) is 18.5 Å². The van der Waals surface area contributed by atoms with Crippen molar-refractivity contribution in [1.29, 1.82) is 0 Å². The second-order valence-corrected chi connectivity index (χ2v) is 8.39. The van der Waals surface area contributed by atoms with Gasteiger partial charge < -0.3 is 4.90 Å². The first kappa shape index (κ1) is 16.4. The molecular formula is C15H24N4O3S. The van der Waals surface area contributed by atoms with Gasteiger partial charge in [0.05, 0.1) is 12.3 Å². The number of aromatic nitrogens is 2. The normalized spacial score (nSPS) is 27.1. The van der Waals surface area contributed by atoms with Crippen LogP contribution in [0.25, 0.3) is 0 Å². The van der Waals surface area contributed by atoms with Gasteiger partial charge in [0.2, 0.25) is 15.9 Å². The second kappa shape index (κ2) is 6.60. The molecule has 2 fully saturated rings. The van der Waals surface area contributed by atoms with Crippen LogP contribution in [0.1, 0.15) is 38.1 Å². The van der Waals surface area contributed by atoms with Gasteiger partial charge in [0, 0.05) is 32.0 Å². The molecule has 2 saturated heterocycles. The molecule has 0 saturated carbocycles. The van der Waals surface area contributed by atoms with E-state index in [4.69, 9.17) is 0 Å². The van der Waals surface area contributed by atoms with Crippen LogP contribution in [0, 0.1) is 0 Å². The van der Waals surface area contributed by atoms with E-state index in [0.717, 1.165) is 25.7 Å². The maximum Gasteiger partial charge on any atom is 0.241 e. The molecule has 0 spiro atoms. The Bertz CT molecular complexity index is 644. The Balaban J connectivity index is 1.73. The van der Waals surface area contributed by atoms with Gasteiger partial charge >= 0.3 is 0 Å². The number of carbonyl (C=O) groups excluding carboxylic acids is 1. The number of hydrogen-bond acceptors (Lipinski definition) is 4. The molecule has 128 valence electrons. The predicted octanol–water partition coefficient (Wildman–Crippen LogP) is 0.861. The third-order valence-corrected chi connectivity index (χ3v) is 6.06. The summed E-state index contributed by atoms with van der Waals surface area (Å²) in [6, 6.07) is 1.53. The lowest BCUT2D eigenvalue weighted by molar-refractivity contribution is -0.138. The van der Waals surface area contributed by atoms with Crippen LogP contribution in [0.2, 0.25) is 0 Å². The van der Waals surface area contributed by atoms with E-state index in [1.165, 1.54) is 10.6 Å². The number of amides is 1. The van der Waals surface area contributed by atoms with E-state index in [-0.39, 0.29) is 11.9 Å². The average Bonchev–Trinajstić information content (AvgIpc) is 3.08. The smallest absolute Gasteiger partial charge is 0.241 e. The Kier molecular flexibility index (Phi) is 4.72. The van der Waals surface area contributed by atoms with E-state index in [1.807, 2.05) is 21.8 Å². The van der Waals surface area contributed by atoms with Gasteiger partial charge in [0.1, 0.15) is 6.04 Å². The molecule has 7 nitrogen and oxygen atoms in total. The summed E-state index contributed by atoms with van der Waals surface area (Å²) in [5, 5.41) is 4.27. The first-order valence-corrected chi connectivity index (χ1v) is 10.1. The van der Waals surface area contributed by atoms with Gasteiger partial charge in [-0.15, -0.1) is 0 Å². The standard InChI is InChI=1S/C15H24N4O3S/c1-23(21,22)19-11-3-2-7-14(19)15(20)17-9-4-6-13(12-17)18-10-5-8-16-18/h5,8,10,13-14H,2-4,6-7,9,11-12H2,1H3/t13-,14-/m0/s1. The minimum absolute atomic E-state index is 0.0491. The van der Waals surface area contributed by atoms with Gasteiger partial charge in [-0.1, -0.05) is 6.42 Å². The zero-order valence-corrected chi connectivity index (χ0v) is 14.3. The van der Waals surface area contributed by atoms with Crippen LogP contribution in [0.3, 0.4) is 0 Å². The summed E-state index contributed by atoms with van der Waals surface area (Å²) in [5.74, 6) is -0.0491. The summed E-state index contributed by atoms with van der Waals surface area (Å²) in [7, 11) is -3.35. The van der Waals surface area contributed by atoms with Gasteiger partial charge in [0.15, 0.2) is 0 Å². The highest BCUT2D eigenvalue weighted by Gasteiger charge is 2.38. The molecule has 3 heterocycles. The number of likely N-dealkylation sites (tertiary alicyclic amines) is 1. The fourth-order valence-electron chi connectivity index (χ4n) is 3.63. The number of piperidine rings is 2. The summed E-state index contributed by atoms with van der Waals surface area (Å²) in [5.41, 5.74) is 0. The van der Waals surface area contributed by atoms with Crippen molar-refractivity contribution in [2.75, 3.05) is 25.9 Å². The van der Waals surface area contributed by atoms with E-state index in [9.17, 15) is 13.2 Å². The molecule has 23 heavy (non-hydrogen) atoms. The minimum Gasteiger partial charge on any atom is -0.339 e. The summed E-state index contributed by atoms with van der Waals surface area (Å²) in [4.78, 5) is 14.7. The average molecular weight is 340 g/mol. The van der Waals surface area contributed by atoms with Gasteiger partial charge in [0.25, 0.3) is 0 Å².